The Bertz CT molecular complexity index is 549. The summed E-state index contributed by atoms with van der Waals surface area (Å²) in [6.07, 6.45) is 9.08. The Morgan fingerprint density at radius 1 is 1.31 bits per heavy atom. The molecule has 4 nitrogen and oxygen atoms in total. The number of hydrogen-bond acceptors (Lipinski definition) is 4. The SMILES string of the molecule is CCCC(C)CC1CC(Oc2ccc(Br)cn2)CCC1CC(=O)OCC. The molecule has 0 amide bonds. The van der Waals surface area contributed by atoms with E-state index in [1.165, 1.54) is 12.8 Å². The van der Waals surface area contributed by atoms with Gasteiger partial charge < -0.3 is 9.47 Å². The average Bonchev–Trinajstić information content (AvgIpc) is 2.59. The van der Waals surface area contributed by atoms with Crippen LogP contribution < -0.4 is 4.74 Å². The molecule has 5 heteroatoms. The molecular weight excluding hydrogens is 394 g/mol. The largest absolute Gasteiger partial charge is 0.474 e. The Hall–Kier alpha value is -1.10. The second-order valence-electron chi connectivity index (χ2n) is 7.53. The maximum atomic E-state index is 12.0. The second-order valence-corrected chi connectivity index (χ2v) is 8.44. The number of ether oxygens (including phenoxy) is 2. The molecule has 0 saturated heterocycles. The Kier molecular flexibility index (Phi) is 8.89. The summed E-state index contributed by atoms with van der Waals surface area (Å²) >= 11 is 3.40. The maximum Gasteiger partial charge on any atom is 0.306 e. The standard InChI is InChI=1S/C21H32BrNO3/c1-4-6-15(3)11-17-12-19(26-20-10-8-18(22)14-23-20)9-7-16(17)13-21(24)25-5-2/h8,10,14-17,19H,4-7,9,11-13H2,1-3H3. The minimum absolute atomic E-state index is 0.0559. The fourth-order valence-electron chi connectivity index (χ4n) is 4.11. The Morgan fingerprint density at radius 2 is 2.12 bits per heavy atom. The van der Waals surface area contributed by atoms with Crippen LogP contribution in [0.25, 0.3) is 0 Å². The van der Waals surface area contributed by atoms with Crippen molar-refractivity contribution >= 4 is 21.9 Å². The second kappa shape index (κ2) is 10.9. The predicted molar refractivity (Wildman–Crippen MR) is 107 cm³/mol. The molecule has 0 aromatic carbocycles. The van der Waals surface area contributed by atoms with Gasteiger partial charge in [-0.05, 0) is 72.4 Å². The van der Waals surface area contributed by atoms with Gasteiger partial charge in [-0.3, -0.25) is 4.79 Å². The molecule has 146 valence electrons. The molecule has 4 atom stereocenters. The lowest BCUT2D eigenvalue weighted by Crippen LogP contribution is -2.34. The van der Waals surface area contributed by atoms with Crippen LogP contribution in [0.3, 0.4) is 0 Å². The number of nitrogens with zero attached hydrogens (tertiary/aromatic N) is 1. The molecule has 0 bridgehead atoms. The highest BCUT2D eigenvalue weighted by molar-refractivity contribution is 9.10. The van der Waals surface area contributed by atoms with Crippen molar-refractivity contribution in [1.29, 1.82) is 0 Å². The monoisotopic (exact) mass is 425 g/mol. The van der Waals surface area contributed by atoms with Gasteiger partial charge in [0.25, 0.3) is 0 Å². The number of carbonyl (C=O) groups excluding carboxylic acids is 1. The highest BCUT2D eigenvalue weighted by Crippen LogP contribution is 2.38. The molecule has 1 heterocycles. The molecule has 1 aliphatic rings. The molecule has 1 aromatic heterocycles. The average molecular weight is 426 g/mol. The minimum atomic E-state index is -0.0559. The fraction of sp³-hybridized carbons (Fsp3) is 0.714. The van der Waals surface area contributed by atoms with Gasteiger partial charge in [0, 0.05) is 23.2 Å². The summed E-state index contributed by atoms with van der Waals surface area (Å²) < 4.78 is 12.3. The third kappa shape index (κ3) is 6.90. The first kappa shape index (κ1) is 21.2. The summed E-state index contributed by atoms with van der Waals surface area (Å²) in [6, 6.07) is 3.86. The number of halogens is 1. The molecule has 0 radical (unpaired) electrons. The van der Waals surface area contributed by atoms with Gasteiger partial charge in [0.15, 0.2) is 0 Å². The molecule has 0 aliphatic heterocycles. The first-order valence-corrected chi connectivity index (χ1v) is 10.7. The Morgan fingerprint density at radius 3 is 2.77 bits per heavy atom. The zero-order chi connectivity index (χ0) is 18.9. The van der Waals surface area contributed by atoms with Gasteiger partial charge in [-0.2, -0.15) is 0 Å². The molecule has 1 aromatic rings. The molecule has 0 N–H and O–H groups in total. The molecule has 0 spiro atoms. The van der Waals surface area contributed by atoms with Crippen molar-refractivity contribution in [1.82, 2.24) is 4.98 Å². The van der Waals surface area contributed by atoms with E-state index in [2.05, 4.69) is 34.8 Å². The predicted octanol–water partition coefficient (Wildman–Crippen LogP) is 5.79. The van der Waals surface area contributed by atoms with Crippen molar-refractivity contribution < 1.29 is 14.3 Å². The minimum Gasteiger partial charge on any atom is -0.474 e. The number of carbonyl (C=O) groups is 1. The molecule has 4 unspecified atom stereocenters. The molecule has 1 fully saturated rings. The molecule has 2 rings (SSSR count). The zero-order valence-electron chi connectivity index (χ0n) is 16.2. The Labute approximate surface area is 166 Å². The molecule has 26 heavy (non-hydrogen) atoms. The van der Waals surface area contributed by atoms with Crippen molar-refractivity contribution in [3.05, 3.63) is 22.8 Å². The van der Waals surface area contributed by atoms with Crippen molar-refractivity contribution in [3.8, 4) is 5.88 Å². The summed E-state index contributed by atoms with van der Waals surface area (Å²) in [7, 11) is 0. The van der Waals surface area contributed by atoms with Crippen molar-refractivity contribution in [2.45, 2.75) is 71.8 Å². The smallest absolute Gasteiger partial charge is 0.306 e. The van der Waals surface area contributed by atoms with Gasteiger partial charge in [-0.25, -0.2) is 4.98 Å². The van der Waals surface area contributed by atoms with E-state index in [0.29, 0.717) is 36.7 Å². The normalized spacial score (nSPS) is 24.1. The van der Waals surface area contributed by atoms with Crippen molar-refractivity contribution in [2.75, 3.05) is 6.61 Å². The van der Waals surface area contributed by atoms with E-state index in [1.54, 1.807) is 6.20 Å². The fourth-order valence-corrected chi connectivity index (χ4v) is 4.35. The van der Waals surface area contributed by atoms with Crippen LogP contribution in [-0.4, -0.2) is 23.7 Å². The van der Waals surface area contributed by atoms with Crippen LogP contribution in [0.15, 0.2) is 22.8 Å². The van der Waals surface area contributed by atoms with Crippen LogP contribution in [0.1, 0.15) is 65.7 Å². The van der Waals surface area contributed by atoms with E-state index in [9.17, 15) is 4.79 Å². The van der Waals surface area contributed by atoms with Crippen molar-refractivity contribution in [2.24, 2.45) is 17.8 Å². The summed E-state index contributed by atoms with van der Waals surface area (Å²) in [4.78, 5) is 16.3. The first-order valence-electron chi connectivity index (χ1n) is 9.95. The van der Waals surface area contributed by atoms with E-state index < -0.39 is 0 Å². The number of rotatable bonds is 9. The lowest BCUT2D eigenvalue weighted by Gasteiger charge is -2.37. The summed E-state index contributed by atoms with van der Waals surface area (Å²) in [5.41, 5.74) is 0. The number of esters is 1. The van der Waals surface area contributed by atoms with Crippen LogP contribution in [0, 0.1) is 17.8 Å². The van der Waals surface area contributed by atoms with E-state index in [4.69, 9.17) is 9.47 Å². The topological polar surface area (TPSA) is 48.4 Å². The van der Waals surface area contributed by atoms with Crippen LogP contribution in [0.4, 0.5) is 0 Å². The van der Waals surface area contributed by atoms with Gasteiger partial charge in [-0.1, -0.05) is 26.7 Å². The summed E-state index contributed by atoms with van der Waals surface area (Å²) in [5.74, 6) is 2.22. The van der Waals surface area contributed by atoms with Crippen LogP contribution in [0.5, 0.6) is 5.88 Å². The highest BCUT2D eigenvalue weighted by atomic mass is 79.9. The Balaban J connectivity index is 1.98. The van der Waals surface area contributed by atoms with E-state index in [1.807, 2.05) is 19.1 Å². The summed E-state index contributed by atoms with van der Waals surface area (Å²) in [6.45, 7) is 6.89. The summed E-state index contributed by atoms with van der Waals surface area (Å²) in [5, 5.41) is 0. The van der Waals surface area contributed by atoms with Crippen LogP contribution in [-0.2, 0) is 9.53 Å². The number of hydrogen-bond donors (Lipinski definition) is 0. The van der Waals surface area contributed by atoms with Gasteiger partial charge in [0.1, 0.15) is 6.10 Å². The van der Waals surface area contributed by atoms with E-state index in [-0.39, 0.29) is 12.1 Å². The van der Waals surface area contributed by atoms with Gasteiger partial charge >= 0.3 is 5.97 Å². The van der Waals surface area contributed by atoms with Gasteiger partial charge in [-0.15, -0.1) is 0 Å². The third-order valence-electron chi connectivity index (χ3n) is 5.30. The van der Waals surface area contributed by atoms with Gasteiger partial charge in [0.2, 0.25) is 5.88 Å². The maximum absolute atomic E-state index is 12.0. The molecule has 1 aliphatic carbocycles. The lowest BCUT2D eigenvalue weighted by atomic mass is 9.72. The third-order valence-corrected chi connectivity index (χ3v) is 5.77. The lowest BCUT2D eigenvalue weighted by molar-refractivity contribution is -0.145. The van der Waals surface area contributed by atoms with E-state index in [0.717, 1.165) is 30.2 Å². The van der Waals surface area contributed by atoms with Crippen molar-refractivity contribution in [3.63, 3.8) is 0 Å². The quantitative estimate of drug-likeness (QED) is 0.469. The zero-order valence-corrected chi connectivity index (χ0v) is 17.8. The van der Waals surface area contributed by atoms with E-state index >= 15 is 0 Å². The number of pyridine rings is 1. The first-order chi connectivity index (χ1) is 12.5. The molecule has 1 saturated carbocycles. The van der Waals surface area contributed by atoms with Crippen LogP contribution >= 0.6 is 15.9 Å². The molecular formula is C21H32BrNO3. The van der Waals surface area contributed by atoms with Crippen LogP contribution in [0.2, 0.25) is 0 Å². The van der Waals surface area contributed by atoms with Gasteiger partial charge in [0.05, 0.1) is 6.61 Å². The highest BCUT2D eigenvalue weighted by Gasteiger charge is 2.34. The number of aromatic nitrogens is 1.